The zero-order valence-corrected chi connectivity index (χ0v) is 9.75. The lowest BCUT2D eigenvalue weighted by molar-refractivity contribution is 0.174. The molecule has 0 spiro atoms. The van der Waals surface area contributed by atoms with E-state index in [1.165, 1.54) is 0 Å². The second-order valence-electron chi connectivity index (χ2n) is 4.06. The molecule has 1 heterocycles. The summed E-state index contributed by atoms with van der Waals surface area (Å²) in [6.07, 6.45) is 0.914. The van der Waals surface area contributed by atoms with Crippen molar-refractivity contribution in [2.24, 2.45) is 5.73 Å². The van der Waals surface area contributed by atoms with Crippen molar-refractivity contribution in [2.75, 3.05) is 20.4 Å². The van der Waals surface area contributed by atoms with Crippen LogP contribution in [0.2, 0.25) is 0 Å². The summed E-state index contributed by atoms with van der Waals surface area (Å²) >= 11 is 0. The first-order chi connectivity index (χ1) is 7.72. The third kappa shape index (κ3) is 2.13. The number of nitrogens with two attached hydrogens (primary N) is 1. The van der Waals surface area contributed by atoms with E-state index in [1.54, 1.807) is 0 Å². The van der Waals surface area contributed by atoms with Gasteiger partial charge in [0.15, 0.2) is 11.5 Å². The maximum Gasteiger partial charge on any atom is 0.231 e. The fourth-order valence-electron chi connectivity index (χ4n) is 1.91. The average molecular weight is 222 g/mol. The highest BCUT2D eigenvalue weighted by molar-refractivity contribution is 5.49. The third-order valence-corrected chi connectivity index (χ3v) is 2.87. The molecule has 0 amide bonds. The lowest BCUT2D eigenvalue weighted by Gasteiger charge is -2.15. The molecule has 1 aromatic carbocycles. The van der Waals surface area contributed by atoms with Gasteiger partial charge in [-0.15, -0.1) is 0 Å². The van der Waals surface area contributed by atoms with Crippen molar-refractivity contribution in [3.8, 4) is 11.5 Å². The van der Waals surface area contributed by atoms with Crippen LogP contribution in [0.15, 0.2) is 12.1 Å². The van der Waals surface area contributed by atoms with Crippen molar-refractivity contribution >= 4 is 0 Å². The molecule has 1 aliphatic heterocycles. The molecule has 1 aliphatic rings. The van der Waals surface area contributed by atoms with Gasteiger partial charge in [-0.25, -0.2) is 0 Å². The molecule has 0 radical (unpaired) electrons. The van der Waals surface area contributed by atoms with Gasteiger partial charge in [-0.2, -0.15) is 0 Å². The predicted octanol–water partition coefficient (Wildman–Crippen LogP) is 1.33. The average Bonchev–Trinajstić information content (AvgIpc) is 2.71. The molecule has 1 aromatic rings. The molecular formula is C12H18N2O2. The highest BCUT2D eigenvalue weighted by atomic mass is 16.7. The summed E-state index contributed by atoms with van der Waals surface area (Å²) in [5.41, 5.74) is 8.44. The topological polar surface area (TPSA) is 56.5 Å². The second-order valence-corrected chi connectivity index (χ2v) is 4.06. The predicted molar refractivity (Wildman–Crippen MR) is 62.8 cm³/mol. The van der Waals surface area contributed by atoms with E-state index in [-0.39, 0.29) is 6.04 Å². The van der Waals surface area contributed by atoms with Crippen LogP contribution in [0.4, 0.5) is 0 Å². The van der Waals surface area contributed by atoms with E-state index < -0.39 is 0 Å². The van der Waals surface area contributed by atoms with Gasteiger partial charge in [-0.3, -0.25) is 0 Å². The fraction of sp³-hybridized carbons (Fsp3) is 0.500. The SMILES string of the molecule is CNCCC(N)c1cc2c(cc1C)OCO2. The number of ether oxygens (including phenoxy) is 2. The highest BCUT2D eigenvalue weighted by Gasteiger charge is 2.18. The molecule has 88 valence electrons. The van der Waals surface area contributed by atoms with E-state index in [0.717, 1.165) is 35.6 Å². The summed E-state index contributed by atoms with van der Waals surface area (Å²) in [6.45, 7) is 3.27. The van der Waals surface area contributed by atoms with Crippen LogP contribution >= 0.6 is 0 Å². The molecule has 0 aromatic heterocycles. The Kier molecular flexibility index (Phi) is 3.31. The normalized spacial score (nSPS) is 15.2. The summed E-state index contributed by atoms with van der Waals surface area (Å²) in [5.74, 6) is 1.63. The quantitative estimate of drug-likeness (QED) is 0.807. The zero-order chi connectivity index (χ0) is 11.5. The maximum absolute atomic E-state index is 6.14. The van der Waals surface area contributed by atoms with Crippen molar-refractivity contribution < 1.29 is 9.47 Å². The van der Waals surface area contributed by atoms with Crippen LogP contribution in [0.1, 0.15) is 23.6 Å². The first kappa shape index (κ1) is 11.2. The molecule has 0 aliphatic carbocycles. The number of fused-ring (bicyclic) bond motifs is 1. The summed E-state index contributed by atoms with van der Waals surface area (Å²) in [7, 11) is 1.93. The van der Waals surface area contributed by atoms with Gasteiger partial charge in [0.25, 0.3) is 0 Å². The van der Waals surface area contributed by atoms with Gasteiger partial charge < -0.3 is 20.5 Å². The largest absolute Gasteiger partial charge is 0.454 e. The summed E-state index contributed by atoms with van der Waals surface area (Å²) < 4.78 is 10.7. The standard InChI is InChI=1S/C12H18N2O2/c1-8-5-11-12(16-7-15-11)6-9(8)10(13)3-4-14-2/h5-6,10,14H,3-4,7,13H2,1-2H3. The lowest BCUT2D eigenvalue weighted by Crippen LogP contribution is -2.18. The number of rotatable bonds is 4. The minimum atomic E-state index is 0.0435. The lowest BCUT2D eigenvalue weighted by atomic mass is 9.99. The Hall–Kier alpha value is -1.26. The van der Waals surface area contributed by atoms with Crippen molar-refractivity contribution in [3.05, 3.63) is 23.3 Å². The van der Waals surface area contributed by atoms with Crippen LogP contribution in [0, 0.1) is 6.92 Å². The number of aryl methyl sites for hydroxylation is 1. The van der Waals surface area contributed by atoms with Crippen LogP contribution in [-0.4, -0.2) is 20.4 Å². The highest BCUT2D eigenvalue weighted by Crippen LogP contribution is 2.36. The molecule has 2 rings (SSSR count). The summed E-state index contributed by atoms with van der Waals surface area (Å²) in [4.78, 5) is 0. The van der Waals surface area contributed by atoms with Crippen molar-refractivity contribution in [1.82, 2.24) is 5.32 Å². The van der Waals surface area contributed by atoms with Crippen molar-refractivity contribution in [3.63, 3.8) is 0 Å². The van der Waals surface area contributed by atoms with E-state index in [0.29, 0.717) is 6.79 Å². The molecule has 1 atom stereocenters. The fourth-order valence-corrected chi connectivity index (χ4v) is 1.91. The van der Waals surface area contributed by atoms with Gasteiger partial charge in [-0.05, 0) is 50.2 Å². The Balaban J connectivity index is 2.20. The Morgan fingerprint density at radius 3 is 2.75 bits per heavy atom. The molecule has 16 heavy (non-hydrogen) atoms. The van der Waals surface area contributed by atoms with Gasteiger partial charge in [-0.1, -0.05) is 0 Å². The van der Waals surface area contributed by atoms with E-state index in [4.69, 9.17) is 15.2 Å². The molecule has 0 bridgehead atoms. The minimum absolute atomic E-state index is 0.0435. The zero-order valence-electron chi connectivity index (χ0n) is 9.75. The van der Waals surface area contributed by atoms with Crippen LogP contribution in [0.25, 0.3) is 0 Å². The van der Waals surface area contributed by atoms with E-state index in [2.05, 4.69) is 12.2 Å². The minimum Gasteiger partial charge on any atom is -0.454 e. The van der Waals surface area contributed by atoms with E-state index in [9.17, 15) is 0 Å². The van der Waals surface area contributed by atoms with E-state index in [1.807, 2.05) is 19.2 Å². The molecule has 1 unspecified atom stereocenters. The van der Waals surface area contributed by atoms with Crippen molar-refractivity contribution in [1.29, 1.82) is 0 Å². The molecule has 0 saturated carbocycles. The number of hydrogen-bond donors (Lipinski definition) is 2. The van der Waals surface area contributed by atoms with Gasteiger partial charge in [0.05, 0.1) is 0 Å². The van der Waals surface area contributed by atoms with Gasteiger partial charge in [0.2, 0.25) is 6.79 Å². The smallest absolute Gasteiger partial charge is 0.231 e. The second kappa shape index (κ2) is 4.72. The molecule has 0 saturated heterocycles. The van der Waals surface area contributed by atoms with Crippen LogP contribution in [-0.2, 0) is 0 Å². The maximum atomic E-state index is 6.14. The van der Waals surface area contributed by atoms with Gasteiger partial charge >= 0.3 is 0 Å². The first-order valence-corrected chi connectivity index (χ1v) is 5.52. The molecule has 3 N–H and O–H groups in total. The van der Waals surface area contributed by atoms with Crippen LogP contribution in [0.3, 0.4) is 0 Å². The van der Waals surface area contributed by atoms with Gasteiger partial charge in [0.1, 0.15) is 0 Å². The van der Waals surface area contributed by atoms with Crippen LogP contribution < -0.4 is 20.5 Å². The molecule has 4 heteroatoms. The van der Waals surface area contributed by atoms with Crippen molar-refractivity contribution in [2.45, 2.75) is 19.4 Å². The number of nitrogens with one attached hydrogen (secondary N) is 1. The Labute approximate surface area is 95.7 Å². The Morgan fingerprint density at radius 2 is 2.06 bits per heavy atom. The monoisotopic (exact) mass is 222 g/mol. The van der Waals surface area contributed by atoms with Gasteiger partial charge in [0, 0.05) is 6.04 Å². The molecule has 4 nitrogen and oxygen atoms in total. The Morgan fingerprint density at radius 1 is 1.38 bits per heavy atom. The number of benzene rings is 1. The summed E-state index contributed by atoms with van der Waals surface area (Å²) in [5, 5.41) is 3.10. The third-order valence-electron chi connectivity index (χ3n) is 2.87. The number of hydrogen-bond acceptors (Lipinski definition) is 4. The molecular weight excluding hydrogens is 204 g/mol. The summed E-state index contributed by atoms with van der Waals surface area (Å²) in [6, 6.07) is 4.04. The first-order valence-electron chi connectivity index (χ1n) is 5.52. The van der Waals surface area contributed by atoms with E-state index >= 15 is 0 Å². The molecule has 0 fully saturated rings. The van der Waals surface area contributed by atoms with Crippen LogP contribution in [0.5, 0.6) is 11.5 Å². The Bertz CT molecular complexity index is 380.